The number of aromatic nitrogens is 2. The number of aromatic amines is 1. The van der Waals surface area contributed by atoms with Gasteiger partial charge >= 0.3 is 11.9 Å². The van der Waals surface area contributed by atoms with E-state index in [1.165, 1.54) is 18.9 Å². The van der Waals surface area contributed by atoms with Crippen molar-refractivity contribution in [2.45, 2.75) is 26.4 Å². The number of aryl methyl sites for hydroxylation is 1. The molecule has 26 heavy (non-hydrogen) atoms. The maximum absolute atomic E-state index is 12.3. The number of carbonyl (C=O) groups is 3. The van der Waals surface area contributed by atoms with E-state index < -0.39 is 23.6 Å². The van der Waals surface area contributed by atoms with Gasteiger partial charge in [-0.3, -0.25) is 14.4 Å². The molecular weight excluding hydrogens is 362 g/mol. The summed E-state index contributed by atoms with van der Waals surface area (Å²) in [4.78, 5) is 56.9. The molecule has 1 atom stereocenters. The molecule has 0 saturated carbocycles. The standard InChI is InChI=1S/C16H19N3O6S/c1-7(15(22)19(3)4)25-10(20)6-9-11-13(21)17-8(2)18-14(11)26-12(9)16(23)24-5/h7H,6H2,1-5H3,(H,17,18,21)/t7-/m1/s1. The van der Waals surface area contributed by atoms with Crippen LogP contribution in [0.3, 0.4) is 0 Å². The summed E-state index contributed by atoms with van der Waals surface area (Å²) >= 11 is 0.968. The van der Waals surface area contributed by atoms with E-state index in [1.807, 2.05) is 0 Å². The summed E-state index contributed by atoms with van der Waals surface area (Å²) in [5.74, 6) is -1.40. The molecule has 0 saturated heterocycles. The van der Waals surface area contributed by atoms with Crippen LogP contribution in [0.15, 0.2) is 4.79 Å². The van der Waals surface area contributed by atoms with Gasteiger partial charge in [0.1, 0.15) is 15.5 Å². The average molecular weight is 381 g/mol. The van der Waals surface area contributed by atoms with Gasteiger partial charge in [0.15, 0.2) is 6.10 Å². The lowest BCUT2D eigenvalue weighted by molar-refractivity contribution is -0.157. The first-order valence-electron chi connectivity index (χ1n) is 7.67. The first-order valence-corrected chi connectivity index (χ1v) is 8.48. The Kier molecular flexibility index (Phi) is 5.76. The maximum atomic E-state index is 12.3. The third-order valence-electron chi connectivity index (χ3n) is 3.57. The number of nitrogens with zero attached hydrogens (tertiary/aromatic N) is 2. The molecule has 0 radical (unpaired) electrons. The number of likely N-dealkylation sites (N-methyl/N-ethyl adjacent to an activating group) is 1. The van der Waals surface area contributed by atoms with Crippen molar-refractivity contribution in [3.05, 3.63) is 26.6 Å². The molecule has 0 aliphatic carbocycles. The predicted octanol–water partition coefficient (Wildman–Crippen LogP) is 0.642. The van der Waals surface area contributed by atoms with Crippen LogP contribution in [0.25, 0.3) is 10.2 Å². The van der Waals surface area contributed by atoms with Crippen molar-refractivity contribution in [2.75, 3.05) is 21.2 Å². The number of hydrogen-bond acceptors (Lipinski definition) is 8. The number of rotatable bonds is 5. The highest BCUT2D eigenvalue weighted by atomic mass is 32.1. The van der Waals surface area contributed by atoms with Crippen molar-refractivity contribution in [3.63, 3.8) is 0 Å². The third kappa shape index (κ3) is 3.90. The Morgan fingerprint density at radius 3 is 2.54 bits per heavy atom. The summed E-state index contributed by atoms with van der Waals surface area (Å²) in [5, 5.41) is 0.143. The zero-order valence-corrected chi connectivity index (χ0v) is 15.9. The van der Waals surface area contributed by atoms with E-state index in [2.05, 4.69) is 9.97 Å². The second-order valence-electron chi connectivity index (χ2n) is 5.77. The lowest BCUT2D eigenvalue weighted by Gasteiger charge is -2.17. The predicted molar refractivity (Wildman–Crippen MR) is 94.3 cm³/mol. The highest BCUT2D eigenvalue weighted by molar-refractivity contribution is 7.20. The first-order chi connectivity index (χ1) is 12.1. The van der Waals surface area contributed by atoms with Crippen LogP contribution in [0.1, 0.15) is 28.0 Å². The highest BCUT2D eigenvalue weighted by Crippen LogP contribution is 2.29. The molecule has 2 heterocycles. The molecule has 140 valence electrons. The molecule has 0 aromatic carbocycles. The molecule has 9 nitrogen and oxygen atoms in total. The van der Waals surface area contributed by atoms with Crippen molar-refractivity contribution in [3.8, 4) is 0 Å². The fourth-order valence-electron chi connectivity index (χ4n) is 2.40. The summed E-state index contributed by atoms with van der Waals surface area (Å²) in [7, 11) is 4.29. The van der Waals surface area contributed by atoms with Gasteiger partial charge in [-0.05, 0) is 13.8 Å². The lowest BCUT2D eigenvalue weighted by Crippen LogP contribution is -2.35. The van der Waals surface area contributed by atoms with Crippen LogP contribution in [-0.4, -0.2) is 60.0 Å². The second kappa shape index (κ2) is 7.65. The topological polar surface area (TPSA) is 119 Å². The number of thiophene rings is 1. The molecule has 10 heteroatoms. The van der Waals surface area contributed by atoms with Gasteiger partial charge in [0, 0.05) is 19.7 Å². The van der Waals surface area contributed by atoms with Gasteiger partial charge in [-0.1, -0.05) is 0 Å². The van der Waals surface area contributed by atoms with Crippen molar-refractivity contribution < 1.29 is 23.9 Å². The number of esters is 2. The Balaban J connectivity index is 2.41. The van der Waals surface area contributed by atoms with Crippen LogP contribution in [0.5, 0.6) is 0 Å². The van der Waals surface area contributed by atoms with Gasteiger partial charge in [-0.15, -0.1) is 11.3 Å². The van der Waals surface area contributed by atoms with Crippen LogP contribution < -0.4 is 5.56 Å². The number of ether oxygens (including phenoxy) is 2. The van der Waals surface area contributed by atoms with E-state index in [4.69, 9.17) is 9.47 Å². The SMILES string of the molecule is COC(=O)c1sc2nc(C)[nH]c(=O)c2c1CC(=O)O[C@H](C)C(=O)N(C)C. The van der Waals surface area contributed by atoms with E-state index >= 15 is 0 Å². The number of fused-ring (bicyclic) bond motifs is 1. The number of methoxy groups -OCH3 is 1. The fraction of sp³-hybridized carbons (Fsp3) is 0.438. The van der Waals surface area contributed by atoms with Crippen LogP contribution in [0.4, 0.5) is 0 Å². The third-order valence-corrected chi connectivity index (χ3v) is 4.67. The van der Waals surface area contributed by atoms with Gasteiger partial charge in [-0.25, -0.2) is 9.78 Å². The second-order valence-corrected chi connectivity index (χ2v) is 6.77. The van der Waals surface area contributed by atoms with E-state index in [-0.39, 0.29) is 28.2 Å². The summed E-state index contributed by atoms with van der Waals surface area (Å²) < 4.78 is 9.84. The molecule has 2 aromatic heterocycles. The molecule has 2 aromatic rings. The average Bonchev–Trinajstić information content (AvgIpc) is 2.91. The normalized spacial score (nSPS) is 11.9. The molecule has 0 aliphatic heterocycles. The van der Waals surface area contributed by atoms with E-state index in [9.17, 15) is 19.2 Å². The van der Waals surface area contributed by atoms with Crippen LogP contribution in [0, 0.1) is 6.92 Å². The number of H-pyrrole nitrogens is 1. The molecule has 0 spiro atoms. The van der Waals surface area contributed by atoms with Gasteiger partial charge in [0.25, 0.3) is 11.5 Å². The maximum Gasteiger partial charge on any atom is 0.348 e. The molecule has 1 amide bonds. The van der Waals surface area contributed by atoms with E-state index in [0.717, 1.165) is 11.3 Å². The summed E-state index contributed by atoms with van der Waals surface area (Å²) in [6, 6.07) is 0. The molecule has 2 rings (SSSR count). The fourth-order valence-corrected chi connectivity index (χ4v) is 3.55. The number of carbonyl (C=O) groups excluding carboxylic acids is 3. The Morgan fingerprint density at radius 1 is 1.31 bits per heavy atom. The van der Waals surface area contributed by atoms with Gasteiger partial charge in [-0.2, -0.15) is 0 Å². The Bertz CT molecular complexity index is 930. The van der Waals surface area contributed by atoms with Crippen molar-refractivity contribution in [1.29, 1.82) is 0 Å². The highest BCUT2D eigenvalue weighted by Gasteiger charge is 2.26. The summed E-state index contributed by atoms with van der Waals surface area (Å²) in [5.41, 5.74) is -0.278. The molecule has 0 bridgehead atoms. The summed E-state index contributed by atoms with van der Waals surface area (Å²) in [6.07, 6.45) is -1.34. The van der Waals surface area contributed by atoms with Gasteiger partial charge in [0.2, 0.25) is 0 Å². The first kappa shape index (κ1) is 19.6. The van der Waals surface area contributed by atoms with Crippen molar-refractivity contribution >= 4 is 39.4 Å². The lowest BCUT2D eigenvalue weighted by atomic mass is 10.1. The Hall–Kier alpha value is -2.75. The zero-order chi connectivity index (χ0) is 19.6. The van der Waals surface area contributed by atoms with Gasteiger partial charge in [0.05, 0.1) is 18.9 Å². The number of amides is 1. The largest absolute Gasteiger partial charge is 0.465 e. The monoisotopic (exact) mass is 381 g/mol. The number of nitrogens with one attached hydrogen (secondary N) is 1. The molecule has 0 fully saturated rings. The van der Waals surface area contributed by atoms with Crippen LogP contribution in [-0.2, 0) is 25.5 Å². The van der Waals surface area contributed by atoms with Gasteiger partial charge < -0.3 is 19.4 Å². The smallest absolute Gasteiger partial charge is 0.348 e. The minimum Gasteiger partial charge on any atom is -0.465 e. The number of hydrogen-bond donors (Lipinski definition) is 1. The molecule has 1 N–H and O–H groups in total. The zero-order valence-electron chi connectivity index (χ0n) is 15.0. The van der Waals surface area contributed by atoms with E-state index in [0.29, 0.717) is 10.7 Å². The molecule has 0 unspecified atom stereocenters. The Morgan fingerprint density at radius 2 is 1.96 bits per heavy atom. The van der Waals surface area contributed by atoms with Crippen LogP contribution in [0.2, 0.25) is 0 Å². The summed E-state index contributed by atoms with van der Waals surface area (Å²) in [6.45, 7) is 3.06. The minimum atomic E-state index is -0.984. The molecular formula is C16H19N3O6S. The van der Waals surface area contributed by atoms with Crippen LogP contribution >= 0.6 is 11.3 Å². The Labute approximate surface area is 152 Å². The van der Waals surface area contributed by atoms with Crippen molar-refractivity contribution in [1.82, 2.24) is 14.9 Å². The van der Waals surface area contributed by atoms with E-state index in [1.54, 1.807) is 21.0 Å². The molecule has 0 aliphatic rings. The minimum absolute atomic E-state index is 0.106. The quantitative estimate of drug-likeness (QED) is 0.755. The van der Waals surface area contributed by atoms with Crippen molar-refractivity contribution in [2.24, 2.45) is 0 Å².